The van der Waals surface area contributed by atoms with E-state index in [0.29, 0.717) is 14.5 Å². The van der Waals surface area contributed by atoms with Crippen molar-refractivity contribution in [3.05, 3.63) is 49.8 Å². The van der Waals surface area contributed by atoms with Crippen LogP contribution in [0.15, 0.2) is 28.7 Å². The smallest absolute Gasteiger partial charge is 0.338 e. The molecule has 1 aromatic heterocycles. The van der Waals surface area contributed by atoms with E-state index in [-0.39, 0.29) is 11.1 Å². The summed E-state index contributed by atoms with van der Waals surface area (Å²) in [6, 6.07) is 6.42. The monoisotopic (exact) mass is 373 g/mol. The molecule has 0 bridgehead atoms. The summed E-state index contributed by atoms with van der Waals surface area (Å²) in [6.07, 6.45) is 0. The van der Waals surface area contributed by atoms with Crippen molar-refractivity contribution in [3.63, 3.8) is 0 Å². The highest BCUT2D eigenvalue weighted by Crippen LogP contribution is 2.29. The molecule has 0 saturated heterocycles. The largest absolute Gasteiger partial charge is 0.478 e. The number of amides is 1. The van der Waals surface area contributed by atoms with Crippen molar-refractivity contribution in [1.82, 2.24) is 0 Å². The molecule has 0 aliphatic heterocycles. The zero-order valence-corrected chi connectivity index (χ0v) is 13.4. The highest BCUT2D eigenvalue weighted by atomic mass is 79.9. The Hall–Kier alpha value is -1.37. The minimum Gasteiger partial charge on any atom is -0.478 e. The van der Waals surface area contributed by atoms with Gasteiger partial charge < -0.3 is 10.4 Å². The van der Waals surface area contributed by atoms with Crippen LogP contribution in [0, 0.1) is 6.92 Å². The van der Waals surface area contributed by atoms with Gasteiger partial charge in [0.05, 0.1) is 16.1 Å². The third kappa shape index (κ3) is 3.20. The van der Waals surface area contributed by atoms with Crippen LogP contribution >= 0.6 is 38.9 Å². The van der Waals surface area contributed by atoms with E-state index in [2.05, 4.69) is 21.2 Å². The number of aromatic carboxylic acids is 1. The van der Waals surface area contributed by atoms with Crippen LogP contribution in [0.2, 0.25) is 5.02 Å². The van der Waals surface area contributed by atoms with E-state index >= 15 is 0 Å². The lowest BCUT2D eigenvalue weighted by Crippen LogP contribution is -2.13. The van der Waals surface area contributed by atoms with Crippen LogP contribution in [0.4, 0.5) is 5.00 Å². The normalized spacial score (nSPS) is 10.3. The summed E-state index contributed by atoms with van der Waals surface area (Å²) in [5.41, 5.74) is 0.357. The lowest BCUT2D eigenvalue weighted by atomic mass is 10.2. The molecule has 0 saturated carbocycles. The first-order valence-corrected chi connectivity index (χ1v) is 7.47. The summed E-state index contributed by atoms with van der Waals surface area (Å²) in [4.78, 5) is 24.1. The van der Waals surface area contributed by atoms with Crippen molar-refractivity contribution in [2.24, 2.45) is 0 Å². The summed E-state index contributed by atoms with van der Waals surface area (Å²) in [5.74, 6) is -1.52. The third-order valence-corrected chi connectivity index (χ3v) is 4.27. The molecule has 2 aromatic rings. The van der Waals surface area contributed by atoms with Gasteiger partial charge in [-0.05, 0) is 31.2 Å². The lowest BCUT2D eigenvalue weighted by molar-refractivity contribution is 0.0698. The Kier molecular flexibility index (Phi) is 4.47. The second-order valence-corrected chi connectivity index (χ2v) is 6.56. The number of hydrogen-bond acceptors (Lipinski definition) is 3. The topological polar surface area (TPSA) is 66.4 Å². The summed E-state index contributed by atoms with van der Waals surface area (Å²) in [5, 5.41) is 12.3. The number of carbonyl (C=O) groups is 2. The number of halogens is 2. The number of hydrogen-bond donors (Lipinski definition) is 2. The number of carboxylic acid groups (broad SMARTS) is 1. The number of nitrogens with one attached hydrogen (secondary N) is 1. The second kappa shape index (κ2) is 5.95. The molecule has 0 radical (unpaired) electrons. The number of rotatable bonds is 3. The van der Waals surface area contributed by atoms with E-state index in [1.807, 2.05) is 0 Å². The van der Waals surface area contributed by atoms with Gasteiger partial charge in [0.25, 0.3) is 5.91 Å². The van der Waals surface area contributed by atoms with Crippen molar-refractivity contribution in [2.45, 2.75) is 6.92 Å². The minimum atomic E-state index is -1.08. The summed E-state index contributed by atoms with van der Waals surface area (Å²) in [6.45, 7) is 1.78. The summed E-state index contributed by atoms with van der Waals surface area (Å²) >= 11 is 10.4. The third-order valence-electron chi connectivity index (χ3n) is 2.49. The van der Waals surface area contributed by atoms with Crippen molar-refractivity contribution < 1.29 is 14.7 Å². The molecule has 0 spiro atoms. The quantitative estimate of drug-likeness (QED) is 0.835. The fourth-order valence-corrected chi connectivity index (χ4v) is 3.07. The molecule has 0 unspecified atom stereocenters. The molecule has 0 aliphatic rings. The zero-order chi connectivity index (χ0) is 14.9. The Morgan fingerprint density at radius 3 is 2.65 bits per heavy atom. The number of carbonyl (C=O) groups excluding carboxylic acids is 1. The van der Waals surface area contributed by atoms with Gasteiger partial charge in [-0.15, -0.1) is 11.3 Å². The molecule has 0 aliphatic carbocycles. The van der Waals surface area contributed by atoms with Crippen molar-refractivity contribution in [1.29, 1.82) is 0 Å². The number of benzene rings is 1. The minimum absolute atomic E-state index is 0.0759. The number of aryl methyl sites for hydroxylation is 1. The maximum absolute atomic E-state index is 12.2. The molecule has 7 heteroatoms. The summed E-state index contributed by atoms with van der Waals surface area (Å²) < 4.78 is 0.716. The van der Waals surface area contributed by atoms with Gasteiger partial charge in [0.2, 0.25) is 0 Å². The Morgan fingerprint density at radius 2 is 2.00 bits per heavy atom. The van der Waals surface area contributed by atoms with Crippen LogP contribution in [-0.2, 0) is 0 Å². The Morgan fingerprint density at radius 1 is 1.30 bits per heavy atom. The lowest BCUT2D eigenvalue weighted by Gasteiger charge is -2.06. The molecule has 0 fully saturated rings. The van der Waals surface area contributed by atoms with Crippen LogP contribution < -0.4 is 5.32 Å². The van der Waals surface area contributed by atoms with E-state index in [1.165, 1.54) is 17.4 Å². The molecule has 104 valence electrons. The van der Waals surface area contributed by atoms with Gasteiger partial charge in [-0.3, -0.25) is 4.79 Å². The highest BCUT2D eigenvalue weighted by molar-refractivity contribution is 9.10. The fraction of sp³-hybridized carbons (Fsp3) is 0.0769. The van der Waals surface area contributed by atoms with Gasteiger partial charge in [0, 0.05) is 9.35 Å². The average molecular weight is 375 g/mol. The second-order valence-electron chi connectivity index (χ2n) is 3.98. The summed E-state index contributed by atoms with van der Waals surface area (Å²) in [7, 11) is 0. The first-order valence-electron chi connectivity index (χ1n) is 5.48. The fourth-order valence-electron chi connectivity index (χ4n) is 1.61. The molecule has 0 atom stereocenters. The maximum Gasteiger partial charge on any atom is 0.338 e. The first kappa shape index (κ1) is 15.0. The standard InChI is InChI=1S/C13H9BrClNO3S/c1-6-4-9(13(18)19)12(20-6)16-11(17)8-5-7(14)2-3-10(8)15/h2-5H,1H3,(H,16,17)(H,18,19). The van der Waals surface area contributed by atoms with Crippen molar-refractivity contribution >= 4 is 55.7 Å². The van der Waals surface area contributed by atoms with E-state index in [4.69, 9.17) is 16.7 Å². The van der Waals surface area contributed by atoms with E-state index < -0.39 is 11.9 Å². The number of carboxylic acids is 1. The molecule has 1 heterocycles. The van der Waals surface area contributed by atoms with Gasteiger partial charge in [-0.2, -0.15) is 0 Å². The Balaban J connectivity index is 2.32. The van der Waals surface area contributed by atoms with E-state index in [9.17, 15) is 9.59 Å². The Labute approximate surface area is 132 Å². The van der Waals surface area contributed by atoms with Gasteiger partial charge in [-0.1, -0.05) is 27.5 Å². The molecular weight excluding hydrogens is 366 g/mol. The SMILES string of the molecule is Cc1cc(C(=O)O)c(NC(=O)c2cc(Br)ccc2Cl)s1. The highest BCUT2D eigenvalue weighted by Gasteiger charge is 2.18. The number of thiophene rings is 1. The average Bonchev–Trinajstić information content (AvgIpc) is 2.73. The molecule has 4 nitrogen and oxygen atoms in total. The molecule has 20 heavy (non-hydrogen) atoms. The van der Waals surface area contributed by atoms with Crippen molar-refractivity contribution in [3.8, 4) is 0 Å². The van der Waals surface area contributed by atoms with Crippen LogP contribution in [-0.4, -0.2) is 17.0 Å². The molecule has 2 N–H and O–H groups in total. The van der Waals surface area contributed by atoms with Crippen LogP contribution in [0.25, 0.3) is 0 Å². The Bertz CT molecular complexity index is 699. The van der Waals surface area contributed by atoms with Crippen LogP contribution in [0.5, 0.6) is 0 Å². The van der Waals surface area contributed by atoms with Crippen LogP contribution in [0.1, 0.15) is 25.6 Å². The first-order chi connectivity index (χ1) is 9.38. The molecular formula is C13H9BrClNO3S. The van der Waals surface area contributed by atoms with Gasteiger partial charge >= 0.3 is 5.97 Å². The van der Waals surface area contributed by atoms with Crippen molar-refractivity contribution in [2.75, 3.05) is 5.32 Å². The number of anilines is 1. The zero-order valence-electron chi connectivity index (χ0n) is 10.2. The molecule has 1 amide bonds. The maximum atomic E-state index is 12.2. The van der Waals surface area contributed by atoms with Crippen LogP contribution in [0.3, 0.4) is 0 Å². The van der Waals surface area contributed by atoms with E-state index in [1.54, 1.807) is 25.1 Å². The van der Waals surface area contributed by atoms with Gasteiger partial charge in [-0.25, -0.2) is 4.79 Å². The predicted molar refractivity (Wildman–Crippen MR) is 83.1 cm³/mol. The molecule has 2 rings (SSSR count). The van der Waals surface area contributed by atoms with Gasteiger partial charge in [0.15, 0.2) is 0 Å². The predicted octanol–water partition coefficient (Wildman–Crippen LogP) is 4.42. The molecule has 1 aromatic carbocycles. The van der Waals surface area contributed by atoms with E-state index in [0.717, 1.165) is 4.88 Å². The van der Waals surface area contributed by atoms with Gasteiger partial charge in [0.1, 0.15) is 5.00 Å².